The molecule has 1 unspecified atom stereocenters. The van der Waals surface area contributed by atoms with Crippen molar-refractivity contribution >= 4 is 5.91 Å². The molecular weight excluding hydrogens is 251 g/mol. The molecule has 1 saturated heterocycles. The lowest BCUT2D eigenvalue weighted by atomic mass is 10.0. The number of hydrogen-bond acceptors (Lipinski definition) is 4. The summed E-state index contributed by atoms with van der Waals surface area (Å²) < 4.78 is 18.4. The number of nitrogens with zero attached hydrogens (tertiary/aromatic N) is 2. The average Bonchev–Trinajstić information content (AvgIpc) is 2.37. The van der Waals surface area contributed by atoms with Crippen molar-refractivity contribution < 1.29 is 19.0 Å². The van der Waals surface area contributed by atoms with Crippen LogP contribution in [0.2, 0.25) is 0 Å². The molecule has 19 heavy (non-hydrogen) atoms. The van der Waals surface area contributed by atoms with E-state index in [0.29, 0.717) is 18.7 Å². The zero-order valence-electron chi connectivity index (χ0n) is 11.0. The molecule has 0 bridgehead atoms. The van der Waals surface area contributed by atoms with E-state index in [4.69, 9.17) is 4.74 Å². The molecule has 5 nitrogen and oxygen atoms in total. The van der Waals surface area contributed by atoms with Crippen molar-refractivity contribution in [2.24, 2.45) is 0 Å². The van der Waals surface area contributed by atoms with Gasteiger partial charge in [-0.15, -0.1) is 0 Å². The third-order valence-corrected chi connectivity index (χ3v) is 2.95. The van der Waals surface area contributed by atoms with Crippen LogP contribution in [0.3, 0.4) is 0 Å². The van der Waals surface area contributed by atoms with Crippen LogP contribution in [0.5, 0.6) is 0 Å². The second-order valence-corrected chi connectivity index (χ2v) is 5.24. The maximum absolute atomic E-state index is 12.7. The van der Waals surface area contributed by atoms with Crippen LogP contribution in [0.1, 0.15) is 24.2 Å². The molecule has 1 N–H and O–H groups in total. The molecule has 2 rings (SSSR count). The summed E-state index contributed by atoms with van der Waals surface area (Å²) in [5, 5.41) is 9.20. The molecule has 1 aliphatic heterocycles. The number of halogens is 1. The number of carbonyl (C=O) groups excluding carboxylic acids is 1. The molecule has 1 fully saturated rings. The molecule has 1 aliphatic rings. The molecule has 0 radical (unpaired) electrons. The van der Waals surface area contributed by atoms with Crippen molar-refractivity contribution in [3.05, 3.63) is 29.8 Å². The van der Waals surface area contributed by atoms with Gasteiger partial charge in [-0.25, -0.2) is 4.98 Å². The van der Waals surface area contributed by atoms with Crippen molar-refractivity contribution in [3.8, 4) is 0 Å². The predicted molar refractivity (Wildman–Crippen MR) is 66.1 cm³/mol. The standard InChI is InChI=1S/C13H17FN2O3/c1-13(2)8-16(6-10(7-17)19-13)12(18)9-3-4-11(14)15-5-9/h3-5,10,17H,6-8H2,1-2H3. The molecule has 1 amide bonds. The molecule has 104 valence electrons. The summed E-state index contributed by atoms with van der Waals surface area (Å²) in [6.07, 6.45) is 0.815. The van der Waals surface area contributed by atoms with Gasteiger partial charge in [-0.1, -0.05) is 0 Å². The third-order valence-electron chi connectivity index (χ3n) is 2.95. The van der Waals surface area contributed by atoms with Crippen LogP contribution in [-0.2, 0) is 4.74 Å². The van der Waals surface area contributed by atoms with Crippen LogP contribution in [0.15, 0.2) is 18.3 Å². The Morgan fingerprint density at radius 2 is 2.37 bits per heavy atom. The van der Waals surface area contributed by atoms with Crippen LogP contribution >= 0.6 is 0 Å². The lowest BCUT2D eigenvalue weighted by Gasteiger charge is -2.42. The minimum absolute atomic E-state index is 0.144. The number of hydrogen-bond donors (Lipinski definition) is 1. The number of aromatic nitrogens is 1. The number of pyridine rings is 1. The van der Waals surface area contributed by atoms with Crippen LogP contribution < -0.4 is 0 Å². The van der Waals surface area contributed by atoms with Gasteiger partial charge in [0.05, 0.1) is 23.9 Å². The van der Waals surface area contributed by atoms with Gasteiger partial charge in [-0.3, -0.25) is 4.79 Å². The summed E-state index contributed by atoms with van der Waals surface area (Å²) >= 11 is 0. The fraction of sp³-hybridized carbons (Fsp3) is 0.538. The monoisotopic (exact) mass is 268 g/mol. The number of aliphatic hydroxyl groups excluding tert-OH is 1. The van der Waals surface area contributed by atoms with Crippen molar-refractivity contribution in [1.29, 1.82) is 0 Å². The smallest absolute Gasteiger partial charge is 0.255 e. The van der Waals surface area contributed by atoms with E-state index in [0.717, 1.165) is 6.07 Å². The normalized spacial score (nSPS) is 22.3. The second-order valence-electron chi connectivity index (χ2n) is 5.24. The molecule has 1 aromatic heterocycles. The topological polar surface area (TPSA) is 62.7 Å². The number of aliphatic hydroxyl groups is 1. The third kappa shape index (κ3) is 3.27. The van der Waals surface area contributed by atoms with Crippen molar-refractivity contribution in [1.82, 2.24) is 9.88 Å². The number of carbonyl (C=O) groups is 1. The van der Waals surface area contributed by atoms with Crippen molar-refractivity contribution in [2.75, 3.05) is 19.7 Å². The van der Waals surface area contributed by atoms with E-state index in [-0.39, 0.29) is 12.5 Å². The van der Waals surface area contributed by atoms with Gasteiger partial charge in [-0.05, 0) is 26.0 Å². The number of rotatable bonds is 2. The van der Waals surface area contributed by atoms with Gasteiger partial charge in [0.1, 0.15) is 0 Å². The molecule has 1 atom stereocenters. The molecule has 2 heterocycles. The zero-order valence-corrected chi connectivity index (χ0v) is 11.0. The second kappa shape index (κ2) is 5.22. The highest BCUT2D eigenvalue weighted by Crippen LogP contribution is 2.22. The first-order chi connectivity index (χ1) is 8.91. The fourth-order valence-corrected chi connectivity index (χ4v) is 2.23. The van der Waals surface area contributed by atoms with Gasteiger partial charge in [-0.2, -0.15) is 4.39 Å². The highest BCUT2D eigenvalue weighted by molar-refractivity contribution is 5.94. The fourth-order valence-electron chi connectivity index (χ4n) is 2.23. The first-order valence-electron chi connectivity index (χ1n) is 6.11. The Morgan fingerprint density at radius 3 is 2.95 bits per heavy atom. The minimum atomic E-state index is -0.618. The Kier molecular flexibility index (Phi) is 3.82. The molecule has 0 aromatic carbocycles. The van der Waals surface area contributed by atoms with Crippen molar-refractivity contribution in [2.45, 2.75) is 25.6 Å². The number of morpholine rings is 1. The number of ether oxygens (including phenoxy) is 1. The van der Waals surface area contributed by atoms with Crippen LogP contribution in [-0.4, -0.2) is 52.3 Å². The lowest BCUT2D eigenvalue weighted by Crippen LogP contribution is -2.55. The van der Waals surface area contributed by atoms with Gasteiger partial charge in [0, 0.05) is 19.3 Å². The molecule has 0 spiro atoms. The van der Waals surface area contributed by atoms with Gasteiger partial charge >= 0.3 is 0 Å². The van der Waals surface area contributed by atoms with E-state index in [9.17, 15) is 14.3 Å². The molecule has 6 heteroatoms. The molecule has 0 saturated carbocycles. The average molecular weight is 268 g/mol. The molecular formula is C13H17FN2O3. The SMILES string of the molecule is CC1(C)CN(C(=O)c2ccc(F)nc2)CC(CO)O1. The lowest BCUT2D eigenvalue weighted by molar-refractivity contribution is -0.139. The van der Waals surface area contributed by atoms with E-state index in [2.05, 4.69) is 4.98 Å². The summed E-state index contributed by atoms with van der Waals surface area (Å²) in [6, 6.07) is 2.56. The van der Waals surface area contributed by atoms with Crippen LogP contribution in [0.4, 0.5) is 4.39 Å². The summed E-state index contributed by atoms with van der Waals surface area (Å²) in [7, 11) is 0. The Balaban J connectivity index is 2.16. The van der Waals surface area contributed by atoms with Gasteiger partial charge < -0.3 is 14.7 Å². The van der Waals surface area contributed by atoms with E-state index >= 15 is 0 Å². The zero-order chi connectivity index (χ0) is 14.0. The van der Waals surface area contributed by atoms with E-state index in [1.54, 1.807) is 4.90 Å². The largest absolute Gasteiger partial charge is 0.394 e. The highest BCUT2D eigenvalue weighted by atomic mass is 19.1. The first-order valence-corrected chi connectivity index (χ1v) is 6.11. The summed E-state index contributed by atoms with van der Waals surface area (Å²) in [5.41, 5.74) is -0.190. The van der Waals surface area contributed by atoms with E-state index in [1.165, 1.54) is 12.3 Å². The van der Waals surface area contributed by atoms with Gasteiger partial charge in [0.15, 0.2) is 0 Å². The Bertz CT molecular complexity index is 461. The first kappa shape index (κ1) is 13.9. The maximum Gasteiger partial charge on any atom is 0.255 e. The predicted octanol–water partition coefficient (Wildman–Crippen LogP) is 0.833. The van der Waals surface area contributed by atoms with E-state index < -0.39 is 17.7 Å². The van der Waals surface area contributed by atoms with Gasteiger partial charge in [0.25, 0.3) is 5.91 Å². The quantitative estimate of drug-likeness (QED) is 0.807. The Morgan fingerprint density at radius 1 is 1.63 bits per heavy atom. The number of amides is 1. The van der Waals surface area contributed by atoms with Crippen LogP contribution in [0, 0.1) is 5.95 Å². The Hall–Kier alpha value is -1.53. The van der Waals surface area contributed by atoms with E-state index in [1.807, 2.05) is 13.8 Å². The highest BCUT2D eigenvalue weighted by Gasteiger charge is 2.35. The summed E-state index contributed by atoms with van der Waals surface area (Å²) in [4.78, 5) is 17.4. The molecule has 0 aliphatic carbocycles. The minimum Gasteiger partial charge on any atom is -0.394 e. The van der Waals surface area contributed by atoms with Crippen LogP contribution in [0.25, 0.3) is 0 Å². The van der Waals surface area contributed by atoms with Gasteiger partial charge in [0.2, 0.25) is 5.95 Å². The maximum atomic E-state index is 12.7. The Labute approximate surface area is 111 Å². The molecule has 1 aromatic rings. The summed E-state index contributed by atoms with van der Waals surface area (Å²) in [5.74, 6) is -0.852. The van der Waals surface area contributed by atoms with Crippen molar-refractivity contribution in [3.63, 3.8) is 0 Å². The summed E-state index contributed by atoms with van der Waals surface area (Å²) in [6.45, 7) is 4.31.